The summed E-state index contributed by atoms with van der Waals surface area (Å²) in [6.07, 6.45) is 16.7. The van der Waals surface area contributed by atoms with E-state index in [1.165, 1.54) is 56.9 Å². The highest BCUT2D eigenvalue weighted by atomic mass is 16.6. The summed E-state index contributed by atoms with van der Waals surface area (Å²) in [6, 6.07) is 0. The first kappa shape index (κ1) is 22.1. The SMILES string of the molecule is CC1(C#CCCOC2CCC3(CCC/C(=C\C=C4C[C@H](O)C[C@@H](O)C4)C3)CC2)CO1. The fourth-order valence-electron chi connectivity index (χ4n) is 5.54. The second kappa shape index (κ2) is 9.57. The molecule has 0 aromatic heterocycles. The molecule has 0 amide bonds. The fraction of sp³-hybridized carbons (Fsp3) is 0.769. The molecule has 1 unspecified atom stereocenters. The molecule has 1 aliphatic heterocycles. The summed E-state index contributed by atoms with van der Waals surface area (Å²) in [6.45, 7) is 3.53. The maximum absolute atomic E-state index is 9.89. The van der Waals surface area contributed by atoms with Crippen LogP contribution in [-0.2, 0) is 9.47 Å². The molecular weight excluding hydrogens is 376 g/mol. The van der Waals surface area contributed by atoms with Gasteiger partial charge in [-0.3, -0.25) is 0 Å². The van der Waals surface area contributed by atoms with Gasteiger partial charge in [-0.1, -0.05) is 35.1 Å². The van der Waals surface area contributed by atoms with E-state index in [0.29, 0.717) is 30.8 Å². The van der Waals surface area contributed by atoms with Crippen LogP contribution in [0.15, 0.2) is 23.3 Å². The smallest absolute Gasteiger partial charge is 0.149 e. The summed E-state index contributed by atoms with van der Waals surface area (Å²) < 4.78 is 11.4. The van der Waals surface area contributed by atoms with Gasteiger partial charge in [-0.15, -0.1) is 0 Å². The van der Waals surface area contributed by atoms with Gasteiger partial charge in [0.25, 0.3) is 0 Å². The van der Waals surface area contributed by atoms with Crippen LogP contribution in [0.3, 0.4) is 0 Å². The minimum Gasteiger partial charge on any atom is -0.393 e. The zero-order valence-electron chi connectivity index (χ0n) is 18.5. The van der Waals surface area contributed by atoms with Gasteiger partial charge in [0.1, 0.15) is 5.60 Å². The molecule has 3 saturated carbocycles. The van der Waals surface area contributed by atoms with Crippen LogP contribution in [0, 0.1) is 17.3 Å². The lowest BCUT2D eigenvalue weighted by molar-refractivity contribution is -0.00689. The molecule has 0 radical (unpaired) electrons. The molecule has 1 heterocycles. The monoisotopic (exact) mass is 414 g/mol. The third-order valence-corrected chi connectivity index (χ3v) is 7.41. The van der Waals surface area contributed by atoms with E-state index in [2.05, 4.69) is 24.0 Å². The second-order valence-electron chi connectivity index (χ2n) is 10.3. The van der Waals surface area contributed by atoms with Gasteiger partial charge in [0, 0.05) is 6.42 Å². The van der Waals surface area contributed by atoms with Crippen molar-refractivity contribution in [2.24, 2.45) is 5.41 Å². The Balaban J connectivity index is 1.22. The first-order valence-electron chi connectivity index (χ1n) is 11.9. The minimum atomic E-state index is -0.387. The van der Waals surface area contributed by atoms with Crippen LogP contribution < -0.4 is 0 Å². The van der Waals surface area contributed by atoms with Gasteiger partial charge in [-0.25, -0.2) is 0 Å². The van der Waals surface area contributed by atoms with Gasteiger partial charge in [0.15, 0.2) is 0 Å². The Bertz CT molecular complexity index is 701. The van der Waals surface area contributed by atoms with Crippen LogP contribution in [0.4, 0.5) is 0 Å². The van der Waals surface area contributed by atoms with Crippen molar-refractivity contribution in [3.63, 3.8) is 0 Å². The average molecular weight is 415 g/mol. The lowest BCUT2D eigenvalue weighted by Gasteiger charge is -2.43. The zero-order chi connectivity index (χ0) is 21.0. The van der Waals surface area contributed by atoms with E-state index < -0.39 is 0 Å². The number of ether oxygens (including phenoxy) is 2. The van der Waals surface area contributed by atoms with Gasteiger partial charge in [0.05, 0.1) is 31.5 Å². The van der Waals surface area contributed by atoms with Crippen LogP contribution in [0.1, 0.15) is 84.0 Å². The Morgan fingerprint density at radius 1 is 1.10 bits per heavy atom. The minimum absolute atomic E-state index is 0.171. The number of aliphatic hydroxyl groups excluding tert-OH is 2. The average Bonchev–Trinajstić information content (AvgIpc) is 3.45. The van der Waals surface area contributed by atoms with E-state index in [1.54, 1.807) is 5.57 Å². The number of epoxide rings is 1. The molecule has 4 aliphatic rings. The standard InChI is InChI=1S/C26H38O4/c1-25(19-30-25)10-2-3-14-29-24-8-12-26(13-9-24)11-4-5-20(18-26)6-7-21-15-22(27)17-23(28)16-21/h6-7,22-24,27-28H,3-5,8-9,11-19H2,1H3/b20-6+/t22-,23-,24?,25?,26?/m0/s1. The van der Waals surface area contributed by atoms with Crippen LogP contribution in [0.25, 0.3) is 0 Å². The summed E-state index contributed by atoms with van der Waals surface area (Å²) >= 11 is 0. The van der Waals surface area contributed by atoms with Crippen molar-refractivity contribution >= 4 is 0 Å². The number of hydrogen-bond donors (Lipinski definition) is 2. The second-order valence-corrected chi connectivity index (χ2v) is 10.3. The lowest BCUT2D eigenvalue weighted by Crippen LogP contribution is -2.33. The van der Waals surface area contributed by atoms with Crippen molar-refractivity contribution in [3.05, 3.63) is 23.3 Å². The molecular formula is C26H38O4. The van der Waals surface area contributed by atoms with Gasteiger partial charge >= 0.3 is 0 Å². The summed E-state index contributed by atoms with van der Waals surface area (Å²) in [5.41, 5.74) is 3.03. The van der Waals surface area contributed by atoms with E-state index in [4.69, 9.17) is 9.47 Å². The van der Waals surface area contributed by atoms with Crippen molar-refractivity contribution in [2.75, 3.05) is 13.2 Å². The summed E-state index contributed by atoms with van der Waals surface area (Å²) in [5.74, 6) is 6.36. The Kier molecular flexibility index (Phi) is 7.05. The Hall–Kier alpha value is -1.12. The molecule has 3 atom stereocenters. The molecule has 4 heteroatoms. The van der Waals surface area contributed by atoms with Crippen molar-refractivity contribution in [2.45, 2.75) is 108 Å². The molecule has 1 spiro atoms. The number of rotatable bonds is 4. The molecule has 0 aromatic carbocycles. The van der Waals surface area contributed by atoms with Crippen LogP contribution in [0.5, 0.6) is 0 Å². The molecule has 3 aliphatic carbocycles. The number of aliphatic hydroxyl groups is 2. The van der Waals surface area contributed by atoms with Gasteiger partial charge in [-0.2, -0.15) is 0 Å². The number of allylic oxidation sites excluding steroid dienone is 3. The van der Waals surface area contributed by atoms with Crippen molar-refractivity contribution in [1.82, 2.24) is 0 Å². The Labute approximate surface area is 181 Å². The molecule has 30 heavy (non-hydrogen) atoms. The molecule has 4 nitrogen and oxygen atoms in total. The highest BCUT2D eigenvalue weighted by Crippen LogP contribution is 2.49. The van der Waals surface area contributed by atoms with E-state index >= 15 is 0 Å². The first-order valence-corrected chi connectivity index (χ1v) is 11.9. The molecule has 4 fully saturated rings. The largest absolute Gasteiger partial charge is 0.393 e. The van der Waals surface area contributed by atoms with Crippen LogP contribution >= 0.6 is 0 Å². The predicted molar refractivity (Wildman–Crippen MR) is 118 cm³/mol. The summed E-state index contributed by atoms with van der Waals surface area (Å²) in [4.78, 5) is 0. The van der Waals surface area contributed by atoms with E-state index in [9.17, 15) is 10.2 Å². The molecule has 4 rings (SSSR count). The quantitative estimate of drug-likeness (QED) is 0.405. The Morgan fingerprint density at radius 2 is 1.80 bits per heavy atom. The molecule has 166 valence electrons. The number of hydrogen-bond acceptors (Lipinski definition) is 4. The van der Waals surface area contributed by atoms with Gasteiger partial charge < -0.3 is 19.7 Å². The first-order chi connectivity index (χ1) is 14.4. The maximum atomic E-state index is 9.89. The molecule has 1 saturated heterocycles. The van der Waals surface area contributed by atoms with Crippen molar-refractivity contribution in [3.8, 4) is 11.8 Å². The van der Waals surface area contributed by atoms with E-state index in [0.717, 1.165) is 19.6 Å². The normalized spacial score (nSPS) is 40.2. The lowest BCUT2D eigenvalue weighted by atomic mass is 9.63. The van der Waals surface area contributed by atoms with Crippen molar-refractivity contribution in [1.29, 1.82) is 0 Å². The van der Waals surface area contributed by atoms with Crippen LogP contribution in [-0.4, -0.2) is 47.3 Å². The highest BCUT2D eigenvalue weighted by molar-refractivity contribution is 5.22. The zero-order valence-corrected chi connectivity index (χ0v) is 18.5. The van der Waals surface area contributed by atoms with Gasteiger partial charge in [-0.05, 0) is 83.0 Å². The summed E-state index contributed by atoms with van der Waals surface area (Å²) in [7, 11) is 0. The van der Waals surface area contributed by atoms with Crippen LogP contribution in [0.2, 0.25) is 0 Å². The molecule has 0 bridgehead atoms. The Morgan fingerprint density at radius 3 is 2.50 bits per heavy atom. The van der Waals surface area contributed by atoms with Crippen molar-refractivity contribution < 1.29 is 19.7 Å². The van der Waals surface area contributed by atoms with Gasteiger partial charge in [0.2, 0.25) is 0 Å². The summed E-state index contributed by atoms with van der Waals surface area (Å²) in [5, 5.41) is 19.8. The topological polar surface area (TPSA) is 62.2 Å². The third-order valence-electron chi connectivity index (χ3n) is 7.41. The van der Waals surface area contributed by atoms with E-state index in [1.807, 2.05) is 6.92 Å². The fourth-order valence-corrected chi connectivity index (χ4v) is 5.54. The predicted octanol–water partition coefficient (Wildman–Crippen LogP) is 4.45. The maximum Gasteiger partial charge on any atom is 0.149 e. The van der Waals surface area contributed by atoms with E-state index in [-0.39, 0.29) is 17.8 Å². The molecule has 0 aromatic rings. The molecule has 2 N–H and O–H groups in total. The highest BCUT2D eigenvalue weighted by Gasteiger charge is 2.38. The third kappa shape index (κ3) is 6.20.